The number of alkyl halides is 3. The molecule has 0 amide bonds. The fourth-order valence-electron chi connectivity index (χ4n) is 2.21. The molecule has 3 rings (SSSR count). The van der Waals surface area contributed by atoms with Gasteiger partial charge in [-0.2, -0.15) is 18.2 Å². The monoisotopic (exact) mass is 428 g/mol. The molecule has 1 heterocycles. The lowest BCUT2D eigenvalue weighted by Gasteiger charge is -2.11. The van der Waals surface area contributed by atoms with Crippen molar-refractivity contribution in [1.82, 2.24) is 9.97 Å². The van der Waals surface area contributed by atoms with Gasteiger partial charge in [0.25, 0.3) is 0 Å². The molecule has 3 aromatic rings. The summed E-state index contributed by atoms with van der Waals surface area (Å²) in [5.74, 6) is -1.50. The maximum Gasteiger partial charge on any atom is 0.433 e. The third-order valence-electron chi connectivity index (χ3n) is 3.61. The molecule has 0 unspecified atom stereocenters. The zero-order chi connectivity index (χ0) is 21.0. The molecule has 152 valence electrons. The fourth-order valence-corrected chi connectivity index (χ4v) is 3.00. The van der Waals surface area contributed by atoms with Crippen molar-refractivity contribution >= 4 is 11.8 Å². The number of benzene rings is 2. The minimum Gasteiger partial charge on any atom is -0.497 e. The molecule has 1 aromatic heterocycles. The molecule has 0 aliphatic carbocycles. The van der Waals surface area contributed by atoms with Crippen LogP contribution >= 0.6 is 11.8 Å². The Morgan fingerprint density at radius 1 is 0.897 bits per heavy atom. The predicted octanol–water partition coefficient (Wildman–Crippen LogP) is 5.87. The van der Waals surface area contributed by atoms with Crippen molar-refractivity contribution in [3.63, 3.8) is 0 Å². The van der Waals surface area contributed by atoms with Gasteiger partial charge in [-0.3, -0.25) is 0 Å². The smallest absolute Gasteiger partial charge is 0.433 e. The molecule has 0 N–H and O–H groups in total. The van der Waals surface area contributed by atoms with Crippen LogP contribution in [0.2, 0.25) is 0 Å². The second kappa shape index (κ2) is 8.64. The van der Waals surface area contributed by atoms with E-state index in [9.17, 15) is 22.0 Å². The van der Waals surface area contributed by atoms with E-state index in [-0.39, 0.29) is 22.5 Å². The van der Waals surface area contributed by atoms with Gasteiger partial charge in [-0.05, 0) is 42.0 Å². The van der Waals surface area contributed by atoms with Crippen LogP contribution in [0.3, 0.4) is 0 Å². The van der Waals surface area contributed by atoms with E-state index in [1.165, 1.54) is 25.3 Å². The van der Waals surface area contributed by atoms with Crippen LogP contribution in [0, 0.1) is 11.6 Å². The van der Waals surface area contributed by atoms with Crippen LogP contribution in [0.15, 0.2) is 53.7 Å². The molecule has 0 radical (unpaired) electrons. The number of hydrogen-bond donors (Lipinski definition) is 0. The molecule has 0 spiro atoms. The Morgan fingerprint density at radius 2 is 1.59 bits per heavy atom. The normalized spacial score (nSPS) is 11.4. The third kappa shape index (κ3) is 5.57. The molecule has 29 heavy (non-hydrogen) atoms. The number of ether oxygens (including phenoxy) is 2. The highest BCUT2D eigenvalue weighted by atomic mass is 32.2. The molecular weight excluding hydrogens is 415 g/mol. The quantitative estimate of drug-likeness (QED) is 0.279. The van der Waals surface area contributed by atoms with Crippen molar-refractivity contribution < 1.29 is 31.4 Å². The standard InChI is InChI=1S/C19H13F5N2O2S/c1-27-12-3-5-13(6-4-12)28-17-9-16(19(22,23)24)25-18(26-17)29-10-11-2-7-14(20)15(21)8-11/h2-9H,10H2,1H3. The Morgan fingerprint density at radius 3 is 2.21 bits per heavy atom. The van der Waals surface area contributed by atoms with Crippen molar-refractivity contribution in [1.29, 1.82) is 0 Å². The van der Waals surface area contributed by atoms with Crippen LogP contribution in [0.1, 0.15) is 11.3 Å². The Kier molecular flexibility index (Phi) is 6.21. The molecule has 0 aliphatic rings. The summed E-state index contributed by atoms with van der Waals surface area (Å²) in [6.07, 6.45) is -4.71. The number of aromatic nitrogens is 2. The maximum atomic E-state index is 13.3. The van der Waals surface area contributed by atoms with Gasteiger partial charge in [-0.25, -0.2) is 13.8 Å². The summed E-state index contributed by atoms with van der Waals surface area (Å²) in [6, 6.07) is 10.1. The lowest BCUT2D eigenvalue weighted by atomic mass is 10.2. The number of halogens is 5. The topological polar surface area (TPSA) is 44.2 Å². The van der Waals surface area contributed by atoms with Crippen molar-refractivity contribution in [2.75, 3.05) is 7.11 Å². The molecule has 0 saturated carbocycles. The Hall–Kier alpha value is -2.88. The number of methoxy groups -OCH3 is 1. The Labute approximate surface area is 166 Å². The molecule has 0 atom stereocenters. The van der Waals surface area contributed by atoms with Gasteiger partial charge in [0.1, 0.15) is 11.5 Å². The SMILES string of the molecule is COc1ccc(Oc2cc(C(F)(F)F)nc(SCc3ccc(F)c(F)c3)n2)cc1. The number of nitrogens with zero attached hydrogens (tertiary/aromatic N) is 2. The lowest BCUT2D eigenvalue weighted by molar-refractivity contribution is -0.141. The van der Waals surface area contributed by atoms with Gasteiger partial charge in [-0.1, -0.05) is 17.8 Å². The first-order valence-electron chi connectivity index (χ1n) is 8.09. The Balaban J connectivity index is 1.83. The summed E-state index contributed by atoms with van der Waals surface area (Å²) >= 11 is 0.838. The first-order valence-corrected chi connectivity index (χ1v) is 9.08. The fraction of sp³-hybridized carbons (Fsp3) is 0.158. The van der Waals surface area contributed by atoms with E-state index in [4.69, 9.17) is 9.47 Å². The van der Waals surface area contributed by atoms with E-state index in [1.54, 1.807) is 12.1 Å². The van der Waals surface area contributed by atoms with Gasteiger partial charge in [-0.15, -0.1) is 0 Å². The van der Waals surface area contributed by atoms with E-state index in [0.29, 0.717) is 17.4 Å². The molecule has 0 bridgehead atoms. The lowest BCUT2D eigenvalue weighted by Crippen LogP contribution is -2.10. The largest absolute Gasteiger partial charge is 0.497 e. The highest BCUT2D eigenvalue weighted by molar-refractivity contribution is 7.98. The number of hydrogen-bond acceptors (Lipinski definition) is 5. The van der Waals surface area contributed by atoms with Gasteiger partial charge in [0.05, 0.1) is 7.11 Å². The van der Waals surface area contributed by atoms with E-state index < -0.39 is 23.5 Å². The highest BCUT2D eigenvalue weighted by Gasteiger charge is 2.34. The molecule has 0 saturated heterocycles. The minimum absolute atomic E-state index is 0.0421. The Bertz CT molecular complexity index is 997. The first kappa shape index (κ1) is 20.8. The molecule has 2 aromatic carbocycles. The summed E-state index contributed by atoms with van der Waals surface area (Å²) < 4.78 is 76.3. The summed E-state index contributed by atoms with van der Waals surface area (Å²) in [6.45, 7) is 0. The van der Waals surface area contributed by atoms with Crippen molar-refractivity contribution in [3.05, 3.63) is 71.4 Å². The van der Waals surface area contributed by atoms with Gasteiger partial charge in [0.15, 0.2) is 22.5 Å². The first-order chi connectivity index (χ1) is 13.7. The van der Waals surface area contributed by atoms with Crippen LogP contribution < -0.4 is 9.47 Å². The van der Waals surface area contributed by atoms with E-state index in [2.05, 4.69) is 9.97 Å². The predicted molar refractivity (Wildman–Crippen MR) is 96.0 cm³/mol. The van der Waals surface area contributed by atoms with Gasteiger partial charge in [0, 0.05) is 11.8 Å². The zero-order valence-electron chi connectivity index (χ0n) is 14.8. The zero-order valence-corrected chi connectivity index (χ0v) is 15.7. The molecular formula is C19H13F5N2O2S. The van der Waals surface area contributed by atoms with Gasteiger partial charge in [0.2, 0.25) is 5.88 Å². The van der Waals surface area contributed by atoms with E-state index >= 15 is 0 Å². The average Bonchev–Trinajstić information content (AvgIpc) is 2.69. The second-order valence-electron chi connectivity index (χ2n) is 5.69. The van der Waals surface area contributed by atoms with Crippen LogP contribution in [-0.2, 0) is 11.9 Å². The summed E-state index contributed by atoms with van der Waals surface area (Å²) in [4.78, 5) is 7.46. The summed E-state index contributed by atoms with van der Waals surface area (Å²) in [5, 5.41) is -0.215. The van der Waals surface area contributed by atoms with Crippen LogP contribution in [-0.4, -0.2) is 17.1 Å². The summed E-state index contributed by atoms with van der Waals surface area (Å²) in [5.41, 5.74) is -0.809. The maximum absolute atomic E-state index is 13.3. The van der Waals surface area contributed by atoms with Crippen molar-refractivity contribution in [2.45, 2.75) is 17.1 Å². The van der Waals surface area contributed by atoms with Crippen molar-refractivity contribution in [2.24, 2.45) is 0 Å². The highest BCUT2D eigenvalue weighted by Crippen LogP contribution is 2.33. The average molecular weight is 428 g/mol. The molecule has 4 nitrogen and oxygen atoms in total. The van der Waals surface area contributed by atoms with E-state index in [0.717, 1.165) is 23.9 Å². The number of rotatable bonds is 6. The van der Waals surface area contributed by atoms with E-state index in [1.807, 2.05) is 0 Å². The van der Waals surface area contributed by atoms with Crippen molar-refractivity contribution in [3.8, 4) is 17.4 Å². The number of thioether (sulfide) groups is 1. The molecule has 10 heteroatoms. The van der Waals surface area contributed by atoms with Crippen LogP contribution in [0.4, 0.5) is 22.0 Å². The second-order valence-corrected chi connectivity index (χ2v) is 6.63. The summed E-state index contributed by atoms with van der Waals surface area (Å²) in [7, 11) is 1.48. The van der Waals surface area contributed by atoms with Gasteiger partial charge < -0.3 is 9.47 Å². The molecule has 0 fully saturated rings. The van der Waals surface area contributed by atoms with Crippen LogP contribution in [0.25, 0.3) is 0 Å². The minimum atomic E-state index is -4.71. The van der Waals surface area contributed by atoms with Crippen LogP contribution in [0.5, 0.6) is 17.4 Å². The van der Waals surface area contributed by atoms with Gasteiger partial charge >= 0.3 is 6.18 Å². The third-order valence-corrected chi connectivity index (χ3v) is 4.52. The molecule has 0 aliphatic heterocycles.